The zero-order chi connectivity index (χ0) is 20.6. The van der Waals surface area contributed by atoms with Crippen LogP contribution in [0.25, 0.3) is 0 Å². The van der Waals surface area contributed by atoms with Gasteiger partial charge in [0.05, 0.1) is 5.69 Å². The van der Waals surface area contributed by atoms with Gasteiger partial charge in [-0.05, 0) is 86.1 Å². The lowest BCUT2D eigenvalue weighted by Crippen LogP contribution is -2.50. The molecule has 4 aliphatic rings. The smallest absolute Gasteiger partial charge is 0.269 e. The fourth-order valence-corrected chi connectivity index (χ4v) is 6.80. The van der Waals surface area contributed by atoms with E-state index in [9.17, 15) is 14.4 Å². The Hall–Kier alpha value is -2.02. The van der Waals surface area contributed by atoms with E-state index in [2.05, 4.69) is 16.2 Å². The zero-order valence-corrected chi connectivity index (χ0v) is 17.9. The average molecular weight is 416 g/mol. The molecule has 6 nitrogen and oxygen atoms in total. The quantitative estimate of drug-likeness (QED) is 0.505. The van der Waals surface area contributed by atoms with E-state index in [-0.39, 0.29) is 23.1 Å². The van der Waals surface area contributed by atoms with Crippen LogP contribution in [-0.4, -0.2) is 24.0 Å². The van der Waals surface area contributed by atoms with Crippen molar-refractivity contribution in [3.8, 4) is 0 Å². The van der Waals surface area contributed by atoms with Gasteiger partial charge in [0.25, 0.3) is 5.91 Å². The van der Waals surface area contributed by atoms with Crippen molar-refractivity contribution in [2.45, 2.75) is 56.8 Å². The first-order valence-corrected chi connectivity index (χ1v) is 11.6. The molecule has 0 aliphatic heterocycles. The molecule has 29 heavy (non-hydrogen) atoms. The molecule has 4 fully saturated rings. The highest BCUT2D eigenvalue weighted by molar-refractivity contribution is 7.98. The Kier molecular flexibility index (Phi) is 5.60. The van der Waals surface area contributed by atoms with Crippen molar-refractivity contribution >= 4 is 35.2 Å². The van der Waals surface area contributed by atoms with Crippen LogP contribution in [0.3, 0.4) is 0 Å². The van der Waals surface area contributed by atoms with Gasteiger partial charge >= 0.3 is 0 Å². The van der Waals surface area contributed by atoms with Crippen LogP contribution in [0.15, 0.2) is 23.1 Å². The van der Waals surface area contributed by atoms with E-state index in [1.807, 2.05) is 6.26 Å². The molecule has 0 spiro atoms. The normalized spacial score (nSPS) is 29.4. The van der Waals surface area contributed by atoms with E-state index in [0.29, 0.717) is 17.7 Å². The third-order valence-corrected chi connectivity index (χ3v) is 7.57. The lowest BCUT2D eigenvalue weighted by molar-refractivity contribution is -0.130. The lowest BCUT2D eigenvalue weighted by atomic mass is 9.49. The van der Waals surface area contributed by atoms with Crippen LogP contribution in [0, 0.1) is 23.2 Å². The second kappa shape index (κ2) is 8.01. The van der Waals surface area contributed by atoms with Crippen molar-refractivity contribution in [1.82, 2.24) is 10.9 Å². The molecule has 4 saturated carbocycles. The largest absolute Gasteiger partial charge is 0.325 e. The maximum absolute atomic E-state index is 12.6. The van der Waals surface area contributed by atoms with Gasteiger partial charge in [0.15, 0.2) is 0 Å². The van der Waals surface area contributed by atoms with Gasteiger partial charge in [-0.2, -0.15) is 0 Å². The van der Waals surface area contributed by atoms with E-state index >= 15 is 0 Å². The molecular formula is C22H29N3O3S. The van der Waals surface area contributed by atoms with Crippen molar-refractivity contribution < 1.29 is 14.4 Å². The monoisotopic (exact) mass is 415 g/mol. The first-order chi connectivity index (χ1) is 13.9. The summed E-state index contributed by atoms with van der Waals surface area (Å²) in [7, 11) is 0. The minimum absolute atomic E-state index is 0.0970. The van der Waals surface area contributed by atoms with Gasteiger partial charge in [-0.3, -0.25) is 25.2 Å². The minimum atomic E-state index is -0.353. The van der Waals surface area contributed by atoms with Crippen LogP contribution in [0.4, 0.5) is 5.69 Å². The topological polar surface area (TPSA) is 87.3 Å². The summed E-state index contributed by atoms with van der Waals surface area (Å²) in [5.41, 5.74) is 6.45. The number of anilines is 1. The standard InChI is InChI=1S/C22H29N3O3S/c1-13(26)23-18-4-3-17(8-19(18)29-2)21(28)25-24-20(27)12-22-9-14-5-15(10-22)7-16(6-14)11-22/h3-4,8,14-16H,5-7,9-12H2,1-2H3,(H,23,26)(H,24,27)(H,25,28). The van der Waals surface area contributed by atoms with Crippen LogP contribution in [-0.2, 0) is 9.59 Å². The molecule has 4 aliphatic carbocycles. The first-order valence-electron chi connectivity index (χ1n) is 10.4. The summed E-state index contributed by atoms with van der Waals surface area (Å²) < 4.78 is 0. The summed E-state index contributed by atoms with van der Waals surface area (Å²) in [6.45, 7) is 1.45. The van der Waals surface area contributed by atoms with Crippen molar-refractivity contribution in [2.24, 2.45) is 23.2 Å². The minimum Gasteiger partial charge on any atom is -0.325 e. The van der Waals surface area contributed by atoms with Crippen LogP contribution in [0.5, 0.6) is 0 Å². The molecular weight excluding hydrogens is 386 g/mol. The second-order valence-corrected chi connectivity index (χ2v) is 10.0. The van der Waals surface area contributed by atoms with Crippen molar-refractivity contribution in [3.05, 3.63) is 23.8 Å². The summed E-state index contributed by atoms with van der Waals surface area (Å²) >= 11 is 1.45. The number of nitrogens with one attached hydrogen (secondary N) is 3. The van der Waals surface area contributed by atoms with E-state index < -0.39 is 0 Å². The number of benzene rings is 1. The Bertz CT molecular complexity index is 803. The van der Waals surface area contributed by atoms with Gasteiger partial charge < -0.3 is 5.32 Å². The van der Waals surface area contributed by atoms with E-state index in [1.165, 1.54) is 57.2 Å². The SMILES string of the molecule is CSc1cc(C(=O)NNC(=O)CC23CC4CC(CC(C4)C2)C3)ccc1NC(C)=O. The molecule has 0 aromatic heterocycles. The predicted octanol–water partition coefficient (Wildman–Crippen LogP) is 3.73. The van der Waals surface area contributed by atoms with Crippen LogP contribution in [0.2, 0.25) is 0 Å². The Morgan fingerprint density at radius 1 is 1.03 bits per heavy atom. The molecule has 5 rings (SSSR count). The summed E-state index contributed by atoms with van der Waals surface area (Å²) in [6.07, 6.45) is 9.95. The van der Waals surface area contributed by atoms with Crippen molar-refractivity contribution in [2.75, 3.05) is 11.6 Å². The van der Waals surface area contributed by atoms with Crippen LogP contribution < -0.4 is 16.2 Å². The zero-order valence-electron chi connectivity index (χ0n) is 17.0. The van der Waals surface area contributed by atoms with Gasteiger partial charge in [0.2, 0.25) is 11.8 Å². The average Bonchev–Trinajstić information content (AvgIpc) is 2.64. The summed E-state index contributed by atoms with van der Waals surface area (Å²) in [5, 5.41) is 2.75. The molecule has 156 valence electrons. The maximum atomic E-state index is 12.6. The van der Waals surface area contributed by atoms with Gasteiger partial charge in [0.1, 0.15) is 0 Å². The molecule has 0 radical (unpaired) electrons. The van der Waals surface area contributed by atoms with Crippen LogP contribution in [0.1, 0.15) is 62.2 Å². The first kappa shape index (κ1) is 20.3. The fourth-order valence-electron chi connectivity index (χ4n) is 6.22. The highest BCUT2D eigenvalue weighted by atomic mass is 32.2. The van der Waals surface area contributed by atoms with Crippen molar-refractivity contribution in [3.63, 3.8) is 0 Å². The Morgan fingerprint density at radius 3 is 2.21 bits per heavy atom. The van der Waals surface area contributed by atoms with Crippen LogP contribution >= 0.6 is 11.8 Å². The second-order valence-electron chi connectivity index (χ2n) is 9.19. The Labute approximate surface area is 175 Å². The molecule has 0 unspecified atom stereocenters. The number of hydrazine groups is 1. The molecule has 0 saturated heterocycles. The van der Waals surface area contributed by atoms with Crippen molar-refractivity contribution in [1.29, 1.82) is 0 Å². The predicted molar refractivity (Wildman–Crippen MR) is 113 cm³/mol. The van der Waals surface area contributed by atoms with Gasteiger partial charge in [-0.15, -0.1) is 11.8 Å². The third kappa shape index (κ3) is 4.44. The number of amides is 3. The lowest BCUT2D eigenvalue weighted by Gasteiger charge is -2.56. The van der Waals surface area contributed by atoms with Gasteiger partial charge in [0, 0.05) is 23.8 Å². The number of carbonyl (C=O) groups excluding carboxylic acids is 3. The summed E-state index contributed by atoms with van der Waals surface area (Å²) in [4.78, 5) is 37.2. The number of hydrogen-bond acceptors (Lipinski definition) is 4. The Morgan fingerprint density at radius 2 is 1.66 bits per heavy atom. The molecule has 0 atom stereocenters. The fraction of sp³-hybridized carbons (Fsp3) is 0.591. The molecule has 0 heterocycles. The molecule has 3 amide bonds. The Balaban J connectivity index is 1.34. The van der Waals surface area contributed by atoms with E-state index in [4.69, 9.17) is 0 Å². The third-order valence-electron chi connectivity index (χ3n) is 6.79. The molecule has 4 bridgehead atoms. The molecule has 1 aromatic carbocycles. The van der Waals surface area contributed by atoms with Gasteiger partial charge in [-0.1, -0.05) is 0 Å². The highest BCUT2D eigenvalue weighted by Crippen LogP contribution is 2.61. The maximum Gasteiger partial charge on any atom is 0.269 e. The number of hydrogen-bond donors (Lipinski definition) is 3. The number of thioether (sulfide) groups is 1. The molecule has 3 N–H and O–H groups in total. The highest BCUT2D eigenvalue weighted by Gasteiger charge is 2.51. The van der Waals surface area contributed by atoms with E-state index in [1.54, 1.807) is 18.2 Å². The number of rotatable bonds is 5. The number of carbonyl (C=O) groups is 3. The van der Waals surface area contributed by atoms with Gasteiger partial charge in [-0.25, -0.2) is 0 Å². The summed E-state index contributed by atoms with van der Waals surface area (Å²) in [5.74, 6) is 1.80. The van der Waals surface area contributed by atoms with E-state index in [0.717, 1.165) is 22.6 Å². The molecule has 7 heteroatoms. The summed E-state index contributed by atoms with van der Waals surface area (Å²) in [6, 6.07) is 5.07. The molecule has 1 aromatic rings.